The zero-order valence-electron chi connectivity index (χ0n) is 10.3. The Bertz CT molecular complexity index is 575. The molecular formula is C13H12FN3O2. The first-order valence-corrected chi connectivity index (χ1v) is 5.57. The van der Waals surface area contributed by atoms with Crippen LogP contribution >= 0.6 is 0 Å². The lowest BCUT2D eigenvalue weighted by Gasteiger charge is -2.07. The maximum Gasteiger partial charge on any atom is 0.337 e. The van der Waals surface area contributed by atoms with Crippen molar-refractivity contribution >= 4 is 11.8 Å². The number of nitrogens with one attached hydrogen (secondary N) is 1. The SMILES string of the molecule is COC(=O)c1ccc(F)c(CNc2cnccn2)c1. The van der Waals surface area contributed by atoms with Crippen LogP contribution in [0.4, 0.5) is 10.2 Å². The highest BCUT2D eigenvalue weighted by atomic mass is 19.1. The monoisotopic (exact) mass is 261 g/mol. The fourth-order valence-electron chi connectivity index (χ4n) is 1.53. The molecule has 0 bridgehead atoms. The van der Waals surface area contributed by atoms with Crippen LogP contribution in [0.15, 0.2) is 36.8 Å². The Morgan fingerprint density at radius 3 is 2.95 bits per heavy atom. The van der Waals surface area contributed by atoms with Gasteiger partial charge in [-0.25, -0.2) is 14.2 Å². The Morgan fingerprint density at radius 2 is 2.26 bits per heavy atom. The zero-order chi connectivity index (χ0) is 13.7. The van der Waals surface area contributed by atoms with Crippen molar-refractivity contribution in [3.05, 3.63) is 53.7 Å². The topological polar surface area (TPSA) is 64.1 Å². The van der Waals surface area contributed by atoms with Gasteiger partial charge in [0.2, 0.25) is 0 Å². The van der Waals surface area contributed by atoms with Crippen LogP contribution in [0.1, 0.15) is 15.9 Å². The van der Waals surface area contributed by atoms with Crippen LogP contribution in [0.3, 0.4) is 0 Å². The molecule has 0 fully saturated rings. The van der Waals surface area contributed by atoms with Crippen LogP contribution in [0, 0.1) is 5.82 Å². The third-order valence-electron chi connectivity index (χ3n) is 2.49. The Balaban J connectivity index is 2.13. The van der Waals surface area contributed by atoms with Gasteiger partial charge in [0.05, 0.1) is 18.9 Å². The Kier molecular flexibility index (Phi) is 4.02. The van der Waals surface area contributed by atoms with Gasteiger partial charge in [0.15, 0.2) is 0 Å². The number of halogens is 1. The number of rotatable bonds is 4. The van der Waals surface area contributed by atoms with Crippen molar-refractivity contribution < 1.29 is 13.9 Å². The molecule has 0 unspecified atom stereocenters. The lowest BCUT2D eigenvalue weighted by molar-refractivity contribution is 0.0600. The third-order valence-corrected chi connectivity index (χ3v) is 2.49. The molecule has 19 heavy (non-hydrogen) atoms. The molecule has 0 saturated heterocycles. The summed E-state index contributed by atoms with van der Waals surface area (Å²) in [6.45, 7) is 0.204. The first-order valence-electron chi connectivity index (χ1n) is 5.57. The molecule has 1 aromatic carbocycles. The molecule has 0 spiro atoms. The van der Waals surface area contributed by atoms with Gasteiger partial charge >= 0.3 is 5.97 Å². The molecule has 0 radical (unpaired) electrons. The minimum Gasteiger partial charge on any atom is -0.465 e. The number of hydrogen-bond acceptors (Lipinski definition) is 5. The average molecular weight is 261 g/mol. The van der Waals surface area contributed by atoms with E-state index in [0.717, 1.165) is 0 Å². The Labute approximate surface area is 109 Å². The molecule has 1 heterocycles. The fourth-order valence-corrected chi connectivity index (χ4v) is 1.53. The average Bonchev–Trinajstić information content (AvgIpc) is 2.46. The van der Waals surface area contributed by atoms with E-state index in [4.69, 9.17) is 0 Å². The third kappa shape index (κ3) is 3.25. The number of methoxy groups -OCH3 is 1. The number of nitrogens with zero attached hydrogens (tertiary/aromatic N) is 2. The van der Waals surface area contributed by atoms with Crippen LogP contribution in [-0.4, -0.2) is 23.0 Å². The van der Waals surface area contributed by atoms with Crippen molar-refractivity contribution in [2.75, 3.05) is 12.4 Å². The van der Waals surface area contributed by atoms with Crippen LogP contribution in [-0.2, 0) is 11.3 Å². The maximum atomic E-state index is 13.6. The first kappa shape index (κ1) is 12.9. The molecule has 1 N–H and O–H groups in total. The molecule has 1 aromatic heterocycles. The maximum absolute atomic E-state index is 13.6. The van der Waals surface area contributed by atoms with E-state index in [1.807, 2.05) is 0 Å². The zero-order valence-corrected chi connectivity index (χ0v) is 10.3. The van der Waals surface area contributed by atoms with Gasteiger partial charge in [-0.15, -0.1) is 0 Å². The predicted octanol–water partition coefficient (Wildman–Crippen LogP) is 2.01. The van der Waals surface area contributed by atoms with E-state index in [-0.39, 0.29) is 6.54 Å². The van der Waals surface area contributed by atoms with E-state index < -0.39 is 11.8 Å². The minimum atomic E-state index is -0.499. The smallest absolute Gasteiger partial charge is 0.337 e. The summed E-state index contributed by atoms with van der Waals surface area (Å²) in [5.41, 5.74) is 0.661. The molecule has 0 aliphatic heterocycles. The van der Waals surface area contributed by atoms with Crippen molar-refractivity contribution in [1.29, 1.82) is 0 Å². The van der Waals surface area contributed by atoms with Gasteiger partial charge in [-0.1, -0.05) is 0 Å². The summed E-state index contributed by atoms with van der Waals surface area (Å²) in [7, 11) is 1.28. The molecule has 0 aliphatic carbocycles. The van der Waals surface area contributed by atoms with Crippen molar-refractivity contribution in [2.24, 2.45) is 0 Å². The number of esters is 1. The van der Waals surface area contributed by atoms with Crippen LogP contribution in [0.25, 0.3) is 0 Å². The molecule has 0 atom stereocenters. The van der Waals surface area contributed by atoms with Gasteiger partial charge in [-0.2, -0.15) is 0 Å². The highest BCUT2D eigenvalue weighted by Gasteiger charge is 2.09. The normalized spacial score (nSPS) is 10.0. The second kappa shape index (κ2) is 5.90. The molecule has 2 rings (SSSR count). The number of ether oxygens (including phenoxy) is 1. The number of aromatic nitrogens is 2. The second-order valence-corrected chi connectivity index (χ2v) is 3.74. The van der Waals surface area contributed by atoms with Gasteiger partial charge in [-0.3, -0.25) is 4.98 Å². The fraction of sp³-hybridized carbons (Fsp3) is 0.154. The highest BCUT2D eigenvalue weighted by Crippen LogP contribution is 2.13. The van der Waals surface area contributed by atoms with Crippen molar-refractivity contribution in [2.45, 2.75) is 6.54 Å². The first-order chi connectivity index (χ1) is 9.20. The Morgan fingerprint density at radius 1 is 1.42 bits per heavy atom. The van der Waals surface area contributed by atoms with E-state index in [1.165, 1.54) is 37.7 Å². The van der Waals surface area contributed by atoms with Crippen molar-refractivity contribution in [3.8, 4) is 0 Å². The molecule has 98 valence electrons. The quantitative estimate of drug-likeness (QED) is 0.853. The van der Waals surface area contributed by atoms with E-state index in [1.54, 1.807) is 6.20 Å². The Hall–Kier alpha value is -2.50. The summed E-state index contributed by atoms with van der Waals surface area (Å²) in [6.07, 6.45) is 4.61. The summed E-state index contributed by atoms with van der Waals surface area (Å²) >= 11 is 0. The largest absolute Gasteiger partial charge is 0.465 e. The number of anilines is 1. The number of hydrogen-bond donors (Lipinski definition) is 1. The summed E-state index contributed by atoms with van der Waals surface area (Å²) in [6, 6.07) is 4.07. The van der Waals surface area contributed by atoms with E-state index in [2.05, 4.69) is 20.0 Å². The van der Waals surface area contributed by atoms with E-state index >= 15 is 0 Å². The van der Waals surface area contributed by atoms with E-state index in [0.29, 0.717) is 16.9 Å². The highest BCUT2D eigenvalue weighted by molar-refractivity contribution is 5.89. The van der Waals surface area contributed by atoms with E-state index in [9.17, 15) is 9.18 Å². The summed E-state index contributed by atoms with van der Waals surface area (Å²) < 4.78 is 18.2. The van der Waals surface area contributed by atoms with Crippen molar-refractivity contribution in [1.82, 2.24) is 9.97 Å². The summed E-state index contributed by atoms with van der Waals surface area (Å²) in [5.74, 6) is -0.366. The molecule has 2 aromatic rings. The molecule has 0 aliphatic rings. The summed E-state index contributed by atoms with van der Waals surface area (Å²) in [4.78, 5) is 19.3. The standard InChI is InChI=1S/C13H12FN3O2/c1-19-13(18)9-2-3-11(14)10(6-9)7-17-12-8-15-4-5-16-12/h2-6,8H,7H2,1H3,(H,16,17). The van der Waals surface area contributed by atoms with Gasteiger partial charge < -0.3 is 10.1 Å². The van der Waals surface area contributed by atoms with Crippen molar-refractivity contribution in [3.63, 3.8) is 0 Å². The lowest BCUT2D eigenvalue weighted by atomic mass is 10.1. The van der Waals surface area contributed by atoms with Gasteiger partial charge in [0.1, 0.15) is 11.6 Å². The van der Waals surface area contributed by atoms with Crippen LogP contribution in [0.2, 0.25) is 0 Å². The second-order valence-electron chi connectivity index (χ2n) is 3.74. The number of carbonyl (C=O) groups is 1. The summed E-state index contributed by atoms with van der Waals surface area (Å²) in [5, 5.41) is 2.92. The minimum absolute atomic E-state index is 0.204. The van der Waals surface area contributed by atoms with Crippen LogP contribution < -0.4 is 5.32 Å². The molecular weight excluding hydrogens is 249 g/mol. The van der Waals surface area contributed by atoms with Gasteiger partial charge in [-0.05, 0) is 18.2 Å². The van der Waals surface area contributed by atoms with Gasteiger partial charge in [0.25, 0.3) is 0 Å². The number of carbonyl (C=O) groups excluding carboxylic acids is 1. The van der Waals surface area contributed by atoms with Crippen LogP contribution in [0.5, 0.6) is 0 Å². The number of benzene rings is 1. The molecule has 5 nitrogen and oxygen atoms in total. The molecule has 0 saturated carbocycles. The van der Waals surface area contributed by atoms with Gasteiger partial charge in [0, 0.05) is 24.5 Å². The predicted molar refractivity (Wildman–Crippen MR) is 67.1 cm³/mol. The lowest BCUT2D eigenvalue weighted by Crippen LogP contribution is -2.07. The molecule has 6 heteroatoms. The molecule has 0 amide bonds.